The molecule has 0 aliphatic heterocycles. The Bertz CT molecular complexity index is 581. The molecule has 0 spiro atoms. The van der Waals surface area contributed by atoms with Crippen LogP contribution in [0.15, 0.2) is 24.3 Å². The van der Waals surface area contributed by atoms with Crippen LogP contribution in [-0.4, -0.2) is 15.8 Å². The van der Waals surface area contributed by atoms with Crippen LogP contribution in [0.5, 0.6) is 0 Å². The quantitative estimate of drug-likeness (QED) is 0.908. The van der Waals surface area contributed by atoms with E-state index in [-0.39, 0.29) is 6.04 Å². The van der Waals surface area contributed by atoms with Crippen LogP contribution < -0.4 is 5.73 Å². The van der Waals surface area contributed by atoms with Crippen molar-refractivity contribution < 1.29 is 0 Å². The van der Waals surface area contributed by atoms with E-state index in [0.717, 1.165) is 24.5 Å². The number of para-hydroxylation sites is 1. The summed E-state index contributed by atoms with van der Waals surface area (Å²) in [6, 6.07) is 8.67. The van der Waals surface area contributed by atoms with E-state index in [1.165, 1.54) is 49.4 Å². The van der Waals surface area contributed by atoms with E-state index in [1.54, 1.807) is 0 Å². The fourth-order valence-corrected chi connectivity index (χ4v) is 3.72. The molecule has 1 atom stereocenters. The molecule has 21 heavy (non-hydrogen) atoms. The molecule has 3 heteroatoms. The zero-order valence-corrected chi connectivity index (χ0v) is 13.1. The summed E-state index contributed by atoms with van der Waals surface area (Å²) in [6.07, 6.45) is 10.4. The normalized spacial score (nSPS) is 18.2. The van der Waals surface area contributed by atoms with Gasteiger partial charge in [-0.3, -0.25) is 4.68 Å². The van der Waals surface area contributed by atoms with Gasteiger partial charge in [-0.25, -0.2) is 0 Å². The van der Waals surface area contributed by atoms with Gasteiger partial charge in [-0.1, -0.05) is 50.3 Å². The second-order valence-corrected chi connectivity index (χ2v) is 6.63. The molecule has 1 unspecified atom stereocenters. The molecule has 1 fully saturated rings. The first-order valence-electron chi connectivity index (χ1n) is 8.40. The Morgan fingerprint density at radius 2 is 2.00 bits per heavy atom. The van der Waals surface area contributed by atoms with Gasteiger partial charge in [0.1, 0.15) is 0 Å². The third-order valence-corrected chi connectivity index (χ3v) is 4.96. The molecule has 1 aliphatic rings. The molecule has 2 aromatic rings. The molecule has 114 valence electrons. The van der Waals surface area contributed by atoms with Gasteiger partial charge in [0, 0.05) is 24.9 Å². The van der Waals surface area contributed by atoms with Crippen LogP contribution in [0.4, 0.5) is 0 Å². The average molecular weight is 285 g/mol. The minimum atomic E-state index is 0.241. The summed E-state index contributed by atoms with van der Waals surface area (Å²) in [4.78, 5) is 0. The topological polar surface area (TPSA) is 43.8 Å². The van der Waals surface area contributed by atoms with Crippen LogP contribution in [0.3, 0.4) is 0 Å². The number of aryl methyl sites for hydroxylation is 1. The lowest BCUT2D eigenvalue weighted by atomic mass is 9.85. The van der Waals surface area contributed by atoms with Gasteiger partial charge in [0.15, 0.2) is 0 Å². The molecule has 0 bridgehead atoms. The van der Waals surface area contributed by atoms with Crippen LogP contribution in [0.25, 0.3) is 10.9 Å². The number of rotatable bonds is 5. The number of nitrogens with zero attached hydrogens (tertiary/aromatic N) is 2. The number of hydrogen-bond acceptors (Lipinski definition) is 2. The summed E-state index contributed by atoms with van der Waals surface area (Å²) in [7, 11) is 2.01. The van der Waals surface area contributed by atoms with Crippen LogP contribution >= 0.6 is 0 Å². The van der Waals surface area contributed by atoms with Gasteiger partial charge in [0.05, 0.1) is 11.2 Å². The maximum Gasteiger partial charge on any atom is 0.0718 e. The van der Waals surface area contributed by atoms with Crippen LogP contribution in [0.2, 0.25) is 0 Å². The van der Waals surface area contributed by atoms with Gasteiger partial charge in [0.25, 0.3) is 0 Å². The highest BCUT2D eigenvalue weighted by Crippen LogP contribution is 2.28. The van der Waals surface area contributed by atoms with E-state index < -0.39 is 0 Å². The molecule has 1 heterocycles. The monoisotopic (exact) mass is 285 g/mol. The Hall–Kier alpha value is -1.35. The van der Waals surface area contributed by atoms with E-state index >= 15 is 0 Å². The molecule has 0 amide bonds. The lowest BCUT2D eigenvalue weighted by Gasteiger charge is -2.22. The molecule has 3 nitrogen and oxygen atoms in total. The van der Waals surface area contributed by atoms with Crippen LogP contribution in [-0.2, 0) is 13.5 Å². The van der Waals surface area contributed by atoms with Crippen molar-refractivity contribution in [3.8, 4) is 0 Å². The molecule has 0 radical (unpaired) electrons. The highest BCUT2D eigenvalue weighted by Gasteiger charge is 2.16. The van der Waals surface area contributed by atoms with Crippen molar-refractivity contribution >= 4 is 10.9 Å². The fourth-order valence-electron chi connectivity index (χ4n) is 3.72. The van der Waals surface area contributed by atoms with Gasteiger partial charge in [-0.15, -0.1) is 0 Å². The minimum absolute atomic E-state index is 0.241. The van der Waals surface area contributed by atoms with E-state index in [4.69, 9.17) is 5.73 Å². The predicted molar refractivity (Wildman–Crippen MR) is 88.2 cm³/mol. The van der Waals surface area contributed by atoms with Gasteiger partial charge in [-0.2, -0.15) is 5.10 Å². The molecule has 1 aromatic heterocycles. The van der Waals surface area contributed by atoms with Crippen molar-refractivity contribution in [2.24, 2.45) is 18.7 Å². The smallest absolute Gasteiger partial charge is 0.0718 e. The third-order valence-electron chi connectivity index (χ3n) is 4.96. The highest BCUT2D eigenvalue weighted by atomic mass is 15.3. The molecular weight excluding hydrogens is 258 g/mol. The van der Waals surface area contributed by atoms with Crippen LogP contribution in [0.1, 0.15) is 50.6 Å². The van der Waals surface area contributed by atoms with Crippen molar-refractivity contribution in [3.05, 3.63) is 30.0 Å². The number of hydrogen-bond donors (Lipinski definition) is 1. The Morgan fingerprint density at radius 1 is 1.24 bits per heavy atom. The Balaban J connectivity index is 1.59. The Kier molecular flexibility index (Phi) is 4.59. The summed E-state index contributed by atoms with van der Waals surface area (Å²) in [5, 5.41) is 5.92. The zero-order chi connectivity index (χ0) is 14.7. The summed E-state index contributed by atoms with van der Waals surface area (Å²) in [5.41, 5.74) is 8.73. The summed E-state index contributed by atoms with van der Waals surface area (Å²) >= 11 is 0. The first-order chi connectivity index (χ1) is 10.2. The molecule has 1 saturated carbocycles. The minimum Gasteiger partial charge on any atom is -0.327 e. The number of aromatic nitrogens is 2. The second-order valence-electron chi connectivity index (χ2n) is 6.63. The van der Waals surface area contributed by atoms with Crippen molar-refractivity contribution in [2.75, 3.05) is 0 Å². The lowest BCUT2D eigenvalue weighted by Crippen LogP contribution is -2.24. The van der Waals surface area contributed by atoms with Gasteiger partial charge >= 0.3 is 0 Å². The predicted octanol–water partition coefficient (Wildman–Crippen LogP) is 3.80. The largest absolute Gasteiger partial charge is 0.327 e. The lowest BCUT2D eigenvalue weighted by molar-refractivity contribution is 0.322. The molecule has 1 aromatic carbocycles. The van der Waals surface area contributed by atoms with E-state index in [0.29, 0.717) is 0 Å². The summed E-state index contributed by atoms with van der Waals surface area (Å²) in [6.45, 7) is 0. The van der Waals surface area contributed by atoms with E-state index in [9.17, 15) is 0 Å². The standard InChI is InChI=1S/C18H27N3/c1-21-18-10-6-5-9-16(18)17(20-21)13-15(19)12-11-14-7-3-2-4-8-14/h5-6,9-10,14-15H,2-4,7-8,11-13,19H2,1H3. The first kappa shape index (κ1) is 14.6. The van der Waals surface area contributed by atoms with Gasteiger partial charge < -0.3 is 5.73 Å². The molecule has 3 rings (SSSR count). The highest BCUT2D eigenvalue weighted by molar-refractivity contribution is 5.81. The van der Waals surface area contributed by atoms with Crippen LogP contribution in [0, 0.1) is 5.92 Å². The van der Waals surface area contributed by atoms with E-state index in [1.807, 2.05) is 11.7 Å². The molecule has 2 N–H and O–H groups in total. The maximum atomic E-state index is 6.37. The SMILES string of the molecule is Cn1nc(CC(N)CCC2CCCCC2)c2ccccc21. The zero-order valence-electron chi connectivity index (χ0n) is 13.1. The second kappa shape index (κ2) is 6.61. The number of nitrogens with two attached hydrogens (primary N) is 1. The first-order valence-corrected chi connectivity index (χ1v) is 8.40. The fraction of sp³-hybridized carbons (Fsp3) is 0.611. The molecule has 1 aliphatic carbocycles. The average Bonchev–Trinajstić information content (AvgIpc) is 2.83. The van der Waals surface area contributed by atoms with Crippen molar-refractivity contribution in [1.29, 1.82) is 0 Å². The van der Waals surface area contributed by atoms with Gasteiger partial charge in [0.2, 0.25) is 0 Å². The van der Waals surface area contributed by atoms with Gasteiger partial charge in [-0.05, 0) is 24.8 Å². The number of fused-ring (bicyclic) bond motifs is 1. The molecule has 0 saturated heterocycles. The van der Waals surface area contributed by atoms with E-state index in [2.05, 4.69) is 29.4 Å². The maximum absolute atomic E-state index is 6.37. The summed E-state index contributed by atoms with van der Waals surface area (Å²) < 4.78 is 1.97. The van der Waals surface area contributed by atoms with Crippen molar-refractivity contribution in [2.45, 2.75) is 57.4 Å². The third kappa shape index (κ3) is 3.46. The summed E-state index contributed by atoms with van der Waals surface area (Å²) in [5.74, 6) is 0.922. The van der Waals surface area contributed by atoms with Crippen molar-refractivity contribution in [3.63, 3.8) is 0 Å². The molecular formula is C18H27N3. The Labute approximate surface area is 127 Å². The number of benzene rings is 1. The Morgan fingerprint density at radius 3 is 2.81 bits per heavy atom. The van der Waals surface area contributed by atoms with Crippen molar-refractivity contribution in [1.82, 2.24) is 9.78 Å².